The lowest BCUT2D eigenvalue weighted by Gasteiger charge is -2.09. The van der Waals surface area contributed by atoms with Crippen LogP contribution in [-0.2, 0) is 4.74 Å². The van der Waals surface area contributed by atoms with E-state index < -0.39 is 17.7 Å². The third-order valence-electron chi connectivity index (χ3n) is 4.53. The molecule has 3 N–H and O–H groups in total. The average Bonchev–Trinajstić information content (AvgIpc) is 2.99. The number of fused-ring (bicyclic) bond motifs is 1. The van der Waals surface area contributed by atoms with E-state index in [0.29, 0.717) is 11.4 Å². The molecule has 144 valence electrons. The van der Waals surface area contributed by atoms with Gasteiger partial charge in [0, 0.05) is 11.8 Å². The maximum absolute atomic E-state index is 13.2. The summed E-state index contributed by atoms with van der Waals surface area (Å²) in [5.41, 5.74) is 6.84. The van der Waals surface area contributed by atoms with Crippen molar-refractivity contribution in [2.24, 2.45) is 0 Å². The fourth-order valence-electron chi connectivity index (χ4n) is 3.23. The molecule has 0 aliphatic carbocycles. The van der Waals surface area contributed by atoms with Crippen LogP contribution in [0, 0.1) is 6.92 Å². The van der Waals surface area contributed by atoms with E-state index in [1.807, 2.05) is 0 Å². The molecule has 0 spiro atoms. The second-order valence-corrected chi connectivity index (χ2v) is 6.07. The third-order valence-corrected chi connectivity index (χ3v) is 4.53. The Morgan fingerprint density at radius 1 is 1.14 bits per heavy atom. The Kier molecular flexibility index (Phi) is 4.79. The molecular weight excluding hydrogens is 364 g/mol. The number of rotatable bonds is 5. The van der Waals surface area contributed by atoms with Gasteiger partial charge in [-0.05, 0) is 42.8 Å². The van der Waals surface area contributed by atoms with E-state index in [1.165, 1.54) is 56.0 Å². The normalized spacial score (nSPS) is 10.7. The second kappa shape index (κ2) is 7.07. The molecule has 28 heavy (non-hydrogen) atoms. The number of nitrogen functional groups attached to an aromatic ring is 1. The molecule has 0 aliphatic rings. The van der Waals surface area contributed by atoms with Gasteiger partial charge in [0.05, 0.1) is 42.2 Å². The number of hydrogen-bond acceptors (Lipinski definition) is 6. The number of carboxylic acid groups (broad SMARTS) is 1. The number of anilines is 1. The zero-order chi connectivity index (χ0) is 20.6. The molecule has 3 rings (SSSR count). The van der Waals surface area contributed by atoms with Gasteiger partial charge in [0.15, 0.2) is 0 Å². The molecule has 1 aromatic carbocycles. The minimum Gasteiger partial charge on any atom is -0.495 e. The summed E-state index contributed by atoms with van der Waals surface area (Å²) in [6.07, 6.45) is 1.53. The zero-order valence-corrected chi connectivity index (χ0v) is 15.5. The molecule has 0 bridgehead atoms. The van der Waals surface area contributed by atoms with Crippen molar-refractivity contribution >= 4 is 28.9 Å². The molecule has 0 saturated carbocycles. The van der Waals surface area contributed by atoms with Gasteiger partial charge in [-0.1, -0.05) is 0 Å². The Hall–Kier alpha value is -3.81. The molecule has 0 atom stereocenters. The molecule has 3 aromatic rings. The number of carboxylic acids is 1. The minimum absolute atomic E-state index is 0.0550. The molecule has 0 amide bonds. The number of ketones is 1. The van der Waals surface area contributed by atoms with Gasteiger partial charge in [-0.2, -0.15) is 0 Å². The molecule has 0 radical (unpaired) electrons. The predicted octanol–water partition coefficient (Wildman–Crippen LogP) is 2.55. The largest absolute Gasteiger partial charge is 0.495 e. The smallest absolute Gasteiger partial charge is 0.340 e. The third kappa shape index (κ3) is 2.84. The molecule has 0 saturated heterocycles. The topological polar surface area (TPSA) is 120 Å². The molecule has 2 heterocycles. The SMILES string of the molecule is COC(=O)c1cccn2c(C(=O)c3ccc(N)c(OC)c3)c(C)c(C(=O)O)c12. The van der Waals surface area contributed by atoms with E-state index in [4.69, 9.17) is 15.2 Å². The monoisotopic (exact) mass is 382 g/mol. The number of nitrogens with two attached hydrogens (primary N) is 1. The number of carbonyl (C=O) groups is 3. The lowest BCUT2D eigenvalue weighted by molar-refractivity contribution is 0.0602. The van der Waals surface area contributed by atoms with Crippen LogP contribution < -0.4 is 10.5 Å². The predicted molar refractivity (Wildman–Crippen MR) is 101 cm³/mol. The van der Waals surface area contributed by atoms with Crippen LogP contribution >= 0.6 is 0 Å². The summed E-state index contributed by atoms with van der Waals surface area (Å²) in [6, 6.07) is 7.55. The molecule has 0 fully saturated rings. The Morgan fingerprint density at radius 3 is 2.46 bits per heavy atom. The zero-order valence-electron chi connectivity index (χ0n) is 15.5. The number of pyridine rings is 1. The van der Waals surface area contributed by atoms with E-state index in [1.54, 1.807) is 6.07 Å². The van der Waals surface area contributed by atoms with Crippen LogP contribution in [0.3, 0.4) is 0 Å². The van der Waals surface area contributed by atoms with Crippen molar-refractivity contribution in [1.29, 1.82) is 0 Å². The number of hydrogen-bond donors (Lipinski definition) is 2. The summed E-state index contributed by atoms with van der Waals surface area (Å²) < 4.78 is 11.3. The summed E-state index contributed by atoms with van der Waals surface area (Å²) in [6.45, 7) is 1.53. The van der Waals surface area contributed by atoms with Crippen molar-refractivity contribution in [3.05, 3.63) is 64.5 Å². The number of benzene rings is 1. The van der Waals surface area contributed by atoms with Crippen LogP contribution in [0.15, 0.2) is 36.5 Å². The summed E-state index contributed by atoms with van der Waals surface area (Å²) >= 11 is 0. The number of methoxy groups -OCH3 is 2. The van der Waals surface area contributed by atoms with E-state index in [0.717, 1.165) is 0 Å². The highest BCUT2D eigenvalue weighted by Gasteiger charge is 2.28. The highest BCUT2D eigenvalue weighted by Crippen LogP contribution is 2.30. The Labute approximate surface area is 160 Å². The fourth-order valence-corrected chi connectivity index (χ4v) is 3.23. The first kappa shape index (κ1) is 19.0. The maximum atomic E-state index is 13.2. The van der Waals surface area contributed by atoms with Crippen molar-refractivity contribution < 1.29 is 29.0 Å². The average molecular weight is 382 g/mol. The summed E-state index contributed by atoms with van der Waals surface area (Å²) in [7, 11) is 2.64. The minimum atomic E-state index is -1.25. The number of aromatic nitrogens is 1. The maximum Gasteiger partial charge on any atom is 0.340 e. The van der Waals surface area contributed by atoms with Gasteiger partial charge < -0.3 is 24.7 Å². The van der Waals surface area contributed by atoms with Gasteiger partial charge in [-0.3, -0.25) is 4.79 Å². The summed E-state index contributed by atoms with van der Waals surface area (Å²) in [5, 5.41) is 9.71. The number of carbonyl (C=O) groups excluding carboxylic acids is 2. The van der Waals surface area contributed by atoms with Gasteiger partial charge in [0.1, 0.15) is 5.75 Å². The second-order valence-electron chi connectivity index (χ2n) is 6.07. The van der Waals surface area contributed by atoms with Crippen LogP contribution in [0.2, 0.25) is 0 Å². The lowest BCUT2D eigenvalue weighted by Crippen LogP contribution is -2.09. The van der Waals surface area contributed by atoms with Gasteiger partial charge >= 0.3 is 11.9 Å². The summed E-state index contributed by atoms with van der Waals surface area (Å²) in [4.78, 5) is 37.3. The van der Waals surface area contributed by atoms with Crippen molar-refractivity contribution in [2.45, 2.75) is 6.92 Å². The molecule has 2 aromatic heterocycles. The van der Waals surface area contributed by atoms with E-state index in [9.17, 15) is 19.5 Å². The highest BCUT2D eigenvalue weighted by molar-refractivity contribution is 6.15. The number of ether oxygens (including phenoxy) is 2. The molecule has 8 nitrogen and oxygen atoms in total. The van der Waals surface area contributed by atoms with Gasteiger partial charge in [0.2, 0.25) is 5.78 Å². The number of aromatic carboxylic acids is 1. The summed E-state index contributed by atoms with van der Waals surface area (Å²) in [5.74, 6) is -2.04. The van der Waals surface area contributed by atoms with E-state index in [-0.39, 0.29) is 33.5 Å². The number of esters is 1. The van der Waals surface area contributed by atoms with E-state index >= 15 is 0 Å². The Bertz CT molecular complexity index is 1130. The Morgan fingerprint density at radius 2 is 1.86 bits per heavy atom. The van der Waals surface area contributed by atoms with Crippen LogP contribution in [-0.4, -0.2) is 41.4 Å². The van der Waals surface area contributed by atoms with Crippen LogP contribution in [0.5, 0.6) is 5.75 Å². The van der Waals surface area contributed by atoms with Crippen molar-refractivity contribution in [1.82, 2.24) is 4.40 Å². The molecule has 8 heteroatoms. The molecule has 0 unspecified atom stereocenters. The first-order chi connectivity index (χ1) is 13.3. The first-order valence-corrected chi connectivity index (χ1v) is 8.25. The van der Waals surface area contributed by atoms with Crippen LogP contribution in [0.4, 0.5) is 5.69 Å². The first-order valence-electron chi connectivity index (χ1n) is 8.25. The lowest BCUT2D eigenvalue weighted by atomic mass is 10.0. The van der Waals surface area contributed by atoms with Crippen molar-refractivity contribution in [3.63, 3.8) is 0 Å². The van der Waals surface area contributed by atoms with Crippen LogP contribution in [0.25, 0.3) is 5.52 Å². The van der Waals surface area contributed by atoms with Crippen molar-refractivity contribution in [2.75, 3.05) is 20.0 Å². The van der Waals surface area contributed by atoms with Gasteiger partial charge in [-0.15, -0.1) is 0 Å². The van der Waals surface area contributed by atoms with Crippen LogP contribution in [0.1, 0.15) is 42.3 Å². The standard InChI is InChI=1S/C20H18N2O6/c1-10-15(19(24)25)17-12(20(26)28-3)5-4-8-22(17)16(10)18(23)11-6-7-13(21)14(9-11)27-2/h4-9H,21H2,1-3H3,(H,24,25). The Balaban J connectivity index is 2.33. The van der Waals surface area contributed by atoms with Gasteiger partial charge in [-0.25, -0.2) is 9.59 Å². The number of nitrogens with zero attached hydrogens (tertiary/aromatic N) is 1. The molecular formula is C20H18N2O6. The van der Waals surface area contributed by atoms with E-state index in [2.05, 4.69) is 0 Å². The molecule has 0 aliphatic heterocycles. The highest BCUT2D eigenvalue weighted by atomic mass is 16.5. The van der Waals surface area contributed by atoms with Crippen molar-refractivity contribution in [3.8, 4) is 5.75 Å². The fraction of sp³-hybridized carbons (Fsp3) is 0.150. The quantitative estimate of drug-likeness (QED) is 0.395. The van der Waals surface area contributed by atoms with Gasteiger partial charge in [0.25, 0.3) is 0 Å².